The lowest BCUT2D eigenvalue weighted by Crippen LogP contribution is -2.34. The van der Waals surface area contributed by atoms with Gasteiger partial charge in [-0.2, -0.15) is 0 Å². The Morgan fingerprint density at radius 3 is 2.58 bits per heavy atom. The van der Waals surface area contributed by atoms with Gasteiger partial charge in [-0.1, -0.05) is 31.2 Å². The van der Waals surface area contributed by atoms with Crippen LogP contribution in [-0.4, -0.2) is 26.2 Å². The highest BCUT2D eigenvalue weighted by atomic mass is 32.2. The van der Waals surface area contributed by atoms with Gasteiger partial charge in [0.1, 0.15) is 0 Å². The van der Waals surface area contributed by atoms with E-state index in [0.29, 0.717) is 17.0 Å². The van der Waals surface area contributed by atoms with Crippen LogP contribution in [0, 0.1) is 0 Å². The van der Waals surface area contributed by atoms with Gasteiger partial charge >= 0.3 is 0 Å². The Balaban J connectivity index is 2.24. The topological polar surface area (TPSA) is 57.6 Å². The minimum atomic E-state index is -3.53. The number of aliphatic hydroxyl groups excluding tert-OH is 1. The Kier molecular flexibility index (Phi) is 2.76. The van der Waals surface area contributed by atoms with Crippen molar-refractivity contribution >= 4 is 26.5 Å². The molecule has 2 aromatic carbocycles. The van der Waals surface area contributed by atoms with Crippen LogP contribution in [0.3, 0.4) is 0 Å². The van der Waals surface area contributed by atoms with E-state index in [2.05, 4.69) is 0 Å². The number of nitrogens with zero attached hydrogens (tertiary/aromatic N) is 1. The maximum Gasteiger partial charge on any atom is 0.265 e. The predicted octanol–water partition coefficient (Wildman–Crippen LogP) is 2.12. The smallest absolute Gasteiger partial charge is 0.265 e. The Labute approximate surface area is 112 Å². The first-order chi connectivity index (χ1) is 9.05. The first-order valence-electron chi connectivity index (χ1n) is 6.28. The largest absolute Gasteiger partial charge is 0.391 e. The molecular weight excluding hydrogens is 262 g/mol. The van der Waals surface area contributed by atoms with Gasteiger partial charge in [0.05, 0.1) is 23.2 Å². The van der Waals surface area contributed by atoms with Crippen LogP contribution in [0.1, 0.15) is 13.3 Å². The minimum absolute atomic E-state index is 0.104. The molecule has 0 radical (unpaired) electrons. The Hall–Kier alpha value is -1.59. The standard InChI is InChI=1S/C14H15NO3S/c1-2-11(16)9-15-12-7-3-5-10-6-4-8-13(14(10)12)19(15,17)18/h3-8,11,16H,2,9H2,1H3. The monoisotopic (exact) mass is 277 g/mol. The summed E-state index contributed by atoms with van der Waals surface area (Å²) in [5.74, 6) is 0. The normalized spacial score (nSPS) is 17.9. The second kappa shape index (κ2) is 4.21. The molecule has 5 heteroatoms. The van der Waals surface area contributed by atoms with E-state index in [1.165, 1.54) is 4.31 Å². The zero-order valence-corrected chi connectivity index (χ0v) is 11.4. The van der Waals surface area contributed by atoms with Crippen molar-refractivity contribution in [3.05, 3.63) is 36.4 Å². The van der Waals surface area contributed by atoms with E-state index in [9.17, 15) is 13.5 Å². The summed E-state index contributed by atoms with van der Waals surface area (Å²) in [6, 6.07) is 10.8. The lowest BCUT2D eigenvalue weighted by atomic mass is 10.1. The fourth-order valence-corrected chi connectivity index (χ4v) is 4.22. The van der Waals surface area contributed by atoms with Crippen molar-refractivity contribution in [1.29, 1.82) is 0 Å². The van der Waals surface area contributed by atoms with Crippen molar-refractivity contribution in [2.75, 3.05) is 10.8 Å². The second-order valence-corrected chi connectivity index (χ2v) is 6.56. The molecule has 0 aromatic heterocycles. The van der Waals surface area contributed by atoms with E-state index >= 15 is 0 Å². The van der Waals surface area contributed by atoms with Gasteiger partial charge in [-0.05, 0) is 23.9 Å². The Morgan fingerprint density at radius 1 is 1.21 bits per heavy atom. The molecule has 1 unspecified atom stereocenters. The van der Waals surface area contributed by atoms with Gasteiger partial charge in [0.25, 0.3) is 10.0 Å². The Morgan fingerprint density at radius 2 is 1.89 bits per heavy atom. The van der Waals surface area contributed by atoms with Crippen molar-refractivity contribution in [3.8, 4) is 0 Å². The van der Waals surface area contributed by atoms with Crippen LogP contribution in [0.5, 0.6) is 0 Å². The molecule has 1 heterocycles. The fourth-order valence-electron chi connectivity index (χ4n) is 2.48. The summed E-state index contributed by atoms with van der Waals surface area (Å²) in [7, 11) is -3.53. The zero-order chi connectivity index (χ0) is 13.6. The van der Waals surface area contributed by atoms with Crippen molar-refractivity contribution in [2.24, 2.45) is 0 Å². The zero-order valence-electron chi connectivity index (χ0n) is 10.6. The number of anilines is 1. The molecule has 1 aliphatic rings. The van der Waals surface area contributed by atoms with E-state index < -0.39 is 16.1 Å². The van der Waals surface area contributed by atoms with Crippen molar-refractivity contribution in [3.63, 3.8) is 0 Å². The van der Waals surface area contributed by atoms with Gasteiger partial charge in [-0.15, -0.1) is 0 Å². The fraction of sp³-hybridized carbons (Fsp3) is 0.286. The third kappa shape index (κ3) is 1.73. The summed E-state index contributed by atoms with van der Waals surface area (Å²) in [5, 5.41) is 11.4. The van der Waals surface area contributed by atoms with Crippen LogP contribution in [0.4, 0.5) is 5.69 Å². The van der Waals surface area contributed by atoms with Crippen molar-refractivity contribution in [1.82, 2.24) is 0 Å². The van der Waals surface area contributed by atoms with Gasteiger partial charge in [0, 0.05) is 5.39 Å². The van der Waals surface area contributed by atoms with Gasteiger partial charge < -0.3 is 5.11 Å². The number of benzene rings is 2. The number of sulfonamides is 1. The lowest BCUT2D eigenvalue weighted by molar-refractivity contribution is 0.180. The molecule has 1 N–H and O–H groups in total. The van der Waals surface area contributed by atoms with Crippen molar-refractivity contribution in [2.45, 2.75) is 24.3 Å². The summed E-state index contributed by atoms with van der Waals surface area (Å²) < 4.78 is 26.4. The molecule has 4 nitrogen and oxygen atoms in total. The highest BCUT2D eigenvalue weighted by Crippen LogP contribution is 2.41. The highest BCUT2D eigenvalue weighted by molar-refractivity contribution is 7.93. The Bertz CT molecular complexity index is 734. The number of β-amino-alcohol motifs (C(OH)–C–C–N with tert-alkyl or cyclic N) is 1. The van der Waals surface area contributed by atoms with E-state index in [1.807, 2.05) is 25.1 Å². The molecule has 0 bridgehead atoms. The van der Waals surface area contributed by atoms with Gasteiger partial charge in [-0.3, -0.25) is 4.31 Å². The first kappa shape index (κ1) is 12.4. The minimum Gasteiger partial charge on any atom is -0.391 e. The van der Waals surface area contributed by atoms with Gasteiger partial charge in [-0.25, -0.2) is 8.42 Å². The molecule has 100 valence electrons. The predicted molar refractivity (Wildman–Crippen MR) is 74.8 cm³/mol. The average Bonchev–Trinajstić information content (AvgIpc) is 2.62. The second-order valence-electron chi connectivity index (χ2n) is 4.73. The van der Waals surface area contributed by atoms with Crippen LogP contribution >= 0.6 is 0 Å². The van der Waals surface area contributed by atoms with Crippen LogP contribution in [0.25, 0.3) is 10.8 Å². The number of rotatable bonds is 3. The number of hydrogen-bond acceptors (Lipinski definition) is 3. The first-order valence-corrected chi connectivity index (χ1v) is 7.72. The molecule has 0 aliphatic carbocycles. The van der Waals surface area contributed by atoms with E-state index in [1.54, 1.807) is 18.2 Å². The third-order valence-electron chi connectivity index (χ3n) is 3.53. The molecular formula is C14H15NO3S. The summed E-state index contributed by atoms with van der Waals surface area (Å²) >= 11 is 0. The van der Waals surface area contributed by atoms with Crippen LogP contribution < -0.4 is 4.31 Å². The quantitative estimate of drug-likeness (QED) is 0.935. The van der Waals surface area contributed by atoms with Crippen LogP contribution in [0.2, 0.25) is 0 Å². The van der Waals surface area contributed by atoms with Crippen LogP contribution in [0.15, 0.2) is 41.3 Å². The molecule has 1 aliphatic heterocycles. The highest BCUT2D eigenvalue weighted by Gasteiger charge is 2.36. The van der Waals surface area contributed by atoms with Crippen LogP contribution in [-0.2, 0) is 10.0 Å². The molecule has 0 fully saturated rings. The number of aliphatic hydroxyl groups is 1. The molecule has 0 saturated heterocycles. The molecule has 0 spiro atoms. The summed E-state index contributed by atoms with van der Waals surface area (Å²) in [5.41, 5.74) is 0.667. The molecule has 3 rings (SSSR count). The molecule has 2 aromatic rings. The third-order valence-corrected chi connectivity index (χ3v) is 5.35. The molecule has 19 heavy (non-hydrogen) atoms. The summed E-state index contributed by atoms with van der Waals surface area (Å²) in [6.45, 7) is 1.94. The number of hydrogen-bond donors (Lipinski definition) is 1. The average molecular weight is 277 g/mol. The van der Waals surface area contributed by atoms with E-state index in [-0.39, 0.29) is 6.54 Å². The van der Waals surface area contributed by atoms with E-state index in [4.69, 9.17) is 0 Å². The van der Waals surface area contributed by atoms with E-state index in [0.717, 1.165) is 10.8 Å². The van der Waals surface area contributed by atoms with Crippen molar-refractivity contribution < 1.29 is 13.5 Å². The molecule has 1 atom stereocenters. The maximum atomic E-state index is 12.5. The lowest BCUT2D eigenvalue weighted by Gasteiger charge is -2.21. The summed E-state index contributed by atoms with van der Waals surface area (Å²) in [4.78, 5) is 0.337. The maximum absolute atomic E-state index is 12.5. The summed E-state index contributed by atoms with van der Waals surface area (Å²) in [6.07, 6.45) is -0.127. The SMILES string of the molecule is CCC(O)CN1c2cccc3cccc(c23)S1(=O)=O. The molecule has 0 amide bonds. The van der Waals surface area contributed by atoms with Gasteiger partial charge in [0.15, 0.2) is 0 Å². The molecule has 0 saturated carbocycles. The van der Waals surface area contributed by atoms with Gasteiger partial charge in [0.2, 0.25) is 0 Å².